The van der Waals surface area contributed by atoms with E-state index in [4.69, 9.17) is 0 Å². The smallest absolute Gasteiger partial charge is 0.256 e. The van der Waals surface area contributed by atoms with E-state index < -0.39 is 16.8 Å². The summed E-state index contributed by atoms with van der Waals surface area (Å²) in [6, 6.07) is 16.2. The maximum Gasteiger partial charge on any atom is 0.256 e. The van der Waals surface area contributed by atoms with Gasteiger partial charge in [0.25, 0.3) is 5.91 Å². The largest absolute Gasteiger partial charge is 0.354 e. The molecule has 2 unspecified atom stereocenters. The maximum atomic E-state index is 13.6. The van der Waals surface area contributed by atoms with Crippen LogP contribution in [0.3, 0.4) is 0 Å². The predicted molar refractivity (Wildman–Crippen MR) is 135 cm³/mol. The molecule has 0 spiro atoms. The quantitative estimate of drug-likeness (QED) is 0.602. The molecule has 0 aliphatic carbocycles. The second-order valence-corrected chi connectivity index (χ2v) is 11.4. The van der Waals surface area contributed by atoms with Crippen LogP contribution in [-0.4, -0.2) is 46.0 Å². The lowest BCUT2D eigenvalue weighted by Gasteiger charge is -2.32. The molecule has 2 aromatic carbocycles. The molecule has 2 heterocycles. The van der Waals surface area contributed by atoms with Crippen LogP contribution in [0.25, 0.3) is 0 Å². The number of nitrogens with zero attached hydrogens (tertiary/aromatic N) is 1. The zero-order chi connectivity index (χ0) is 24.5. The molecule has 2 aliphatic heterocycles. The van der Waals surface area contributed by atoms with Crippen molar-refractivity contribution in [3.05, 3.63) is 71.3 Å². The van der Waals surface area contributed by atoms with E-state index >= 15 is 0 Å². The normalized spacial score (nSPS) is 22.0. The second-order valence-electron chi connectivity index (χ2n) is 9.67. The van der Waals surface area contributed by atoms with Crippen LogP contribution in [0, 0.1) is 5.92 Å². The molecule has 2 aliphatic rings. The first-order chi connectivity index (χ1) is 16.2. The molecule has 0 radical (unpaired) electrons. The number of hydrogen-bond acceptors (Lipinski definition) is 4. The highest BCUT2D eigenvalue weighted by atomic mass is 32.2. The summed E-state index contributed by atoms with van der Waals surface area (Å²) in [7, 11) is 0. The Morgan fingerprint density at radius 3 is 2.47 bits per heavy atom. The number of benzene rings is 2. The molecule has 3 amide bonds. The van der Waals surface area contributed by atoms with Crippen LogP contribution in [0.2, 0.25) is 0 Å². The molecular weight excluding hydrogens is 446 g/mol. The zero-order valence-electron chi connectivity index (χ0n) is 20.2. The molecule has 0 saturated carbocycles. The summed E-state index contributed by atoms with van der Waals surface area (Å²) in [6.45, 7) is 8.46. The Morgan fingerprint density at radius 2 is 1.76 bits per heavy atom. The third-order valence-electron chi connectivity index (χ3n) is 6.89. The van der Waals surface area contributed by atoms with Crippen molar-refractivity contribution in [3.63, 3.8) is 0 Å². The minimum absolute atomic E-state index is 0.0416. The van der Waals surface area contributed by atoms with Crippen molar-refractivity contribution in [1.29, 1.82) is 0 Å². The van der Waals surface area contributed by atoms with Crippen molar-refractivity contribution >= 4 is 29.5 Å². The third kappa shape index (κ3) is 4.58. The van der Waals surface area contributed by atoms with Crippen molar-refractivity contribution < 1.29 is 14.4 Å². The van der Waals surface area contributed by atoms with Crippen LogP contribution in [0.1, 0.15) is 61.0 Å². The summed E-state index contributed by atoms with van der Waals surface area (Å²) in [4.78, 5) is 41.7. The highest BCUT2D eigenvalue weighted by molar-refractivity contribution is 8.01. The lowest BCUT2D eigenvalue weighted by atomic mass is 9.95. The fraction of sp³-hybridized carbons (Fsp3) is 0.444. The molecule has 4 atom stereocenters. The molecular formula is C27H33N3O3S. The van der Waals surface area contributed by atoms with Crippen molar-refractivity contribution in [2.45, 2.75) is 62.7 Å². The van der Waals surface area contributed by atoms with E-state index in [9.17, 15) is 14.4 Å². The topological polar surface area (TPSA) is 78.5 Å². The summed E-state index contributed by atoms with van der Waals surface area (Å²) in [6.07, 6.45) is 1.47. The predicted octanol–water partition coefficient (Wildman–Crippen LogP) is 3.92. The molecule has 6 nitrogen and oxygen atoms in total. The molecule has 180 valence electrons. The molecule has 1 fully saturated rings. The van der Waals surface area contributed by atoms with Gasteiger partial charge in [-0.1, -0.05) is 68.8 Å². The Morgan fingerprint density at radius 1 is 1.09 bits per heavy atom. The fourth-order valence-electron chi connectivity index (χ4n) is 4.82. The number of hydrogen-bond donors (Lipinski definition) is 2. The second kappa shape index (κ2) is 9.82. The summed E-state index contributed by atoms with van der Waals surface area (Å²) >= 11 is 1.63. The first kappa shape index (κ1) is 24.3. The van der Waals surface area contributed by atoms with Crippen LogP contribution >= 0.6 is 11.8 Å². The number of carbonyl (C=O) groups excluding carboxylic acids is 3. The zero-order valence-corrected chi connectivity index (χ0v) is 21.0. The molecule has 2 aromatic rings. The summed E-state index contributed by atoms with van der Waals surface area (Å²) in [5.41, 5.74) is 2.76. The molecule has 7 heteroatoms. The standard InChI is InChI=1S/C27H33N3O3S/c1-5-17(2)21(23(31)28-16-15-18-11-7-6-8-12-18)29-24(32)22-27(3,4)34-26-20-14-10-9-13-19(20)25(33)30(22)26/h6-14,17,21-22,26H,5,15-16H2,1-4H3,(H,28,31)(H,29,32)/t17?,21-,22+,26?/m0/s1. The van der Waals surface area contributed by atoms with E-state index in [1.807, 2.05) is 82.3 Å². The van der Waals surface area contributed by atoms with Gasteiger partial charge < -0.3 is 15.5 Å². The van der Waals surface area contributed by atoms with E-state index in [1.54, 1.807) is 16.7 Å². The average molecular weight is 480 g/mol. The van der Waals surface area contributed by atoms with E-state index in [1.165, 1.54) is 0 Å². The van der Waals surface area contributed by atoms with Gasteiger partial charge in [0.15, 0.2) is 0 Å². The SMILES string of the molecule is CCC(C)[C@H](NC(=O)[C@H]1N2C(=O)c3ccccc3C2SC1(C)C)C(=O)NCCc1ccccc1. The van der Waals surface area contributed by atoms with Crippen LogP contribution in [0.4, 0.5) is 0 Å². The lowest BCUT2D eigenvalue weighted by molar-refractivity contribution is -0.132. The molecule has 2 N–H and O–H groups in total. The lowest BCUT2D eigenvalue weighted by Crippen LogP contribution is -2.58. The maximum absolute atomic E-state index is 13.6. The first-order valence-electron chi connectivity index (χ1n) is 12.0. The summed E-state index contributed by atoms with van der Waals surface area (Å²) < 4.78 is -0.484. The number of rotatable bonds is 8. The fourth-order valence-corrected chi connectivity index (χ4v) is 6.41. The van der Waals surface area contributed by atoms with Gasteiger partial charge in [-0.25, -0.2) is 0 Å². The van der Waals surface area contributed by atoms with Crippen LogP contribution in [-0.2, 0) is 16.0 Å². The number of amides is 3. The van der Waals surface area contributed by atoms with Crippen LogP contribution in [0.5, 0.6) is 0 Å². The van der Waals surface area contributed by atoms with Gasteiger partial charge >= 0.3 is 0 Å². The average Bonchev–Trinajstić information content (AvgIpc) is 3.26. The van der Waals surface area contributed by atoms with Crippen molar-refractivity contribution in [2.24, 2.45) is 5.92 Å². The first-order valence-corrected chi connectivity index (χ1v) is 12.8. The number of nitrogens with one attached hydrogen (secondary N) is 2. The number of carbonyl (C=O) groups is 3. The van der Waals surface area contributed by atoms with Gasteiger partial charge in [0, 0.05) is 16.9 Å². The van der Waals surface area contributed by atoms with Gasteiger partial charge in [-0.2, -0.15) is 0 Å². The van der Waals surface area contributed by atoms with Gasteiger partial charge in [-0.3, -0.25) is 14.4 Å². The van der Waals surface area contributed by atoms with Gasteiger partial charge in [-0.15, -0.1) is 11.8 Å². The molecule has 0 bridgehead atoms. The molecule has 0 aromatic heterocycles. The Labute approximate surface area is 205 Å². The Hall–Kier alpha value is -2.80. The van der Waals surface area contributed by atoms with Gasteiger partial charge in [0.2, 0.25) is 11.8 Å². The van der Waals surface area contributed by atoms with Gasteiger partial charge in [0.1, 0.15) is 17.5 Å². The van der Waals surface area contributed by atoms with Gasteiger partial charge in [-0.05, 0) is 43.4 Å². The van der Waals surface area contributed by atoms with Crippen LogP contribution in [0.15, 0.2) is 54.6 Å². The molecule has 34 heavy (non-hydrogen) atoms. The van der Waals surface area contributed by atoms with E-state index in [0.29, 0.717) is 12.1 Å². The van der Waals surface area contributed by atoms with Crippen molar-refractivity contribution in [2.75, 3.05) is 6.54 Å². The summed E-state index contributed by atoms with van der Waals surface area (Å²) in [5.74, 6) is -0.620. The van der Waals surface area contributed by atoms with Crippen molar-refractivity contribution in [3.8, 4) is 0 Å². The Balaban J connectivity index is 1.48. The highest BCUT2D eigenvalue weighted by Crippen LogP contribution is 2.56. The monoisotopic (exact) mass is 479 g/mol. The number of fused-ring (bicyclic) bond motifs is 3. The minimum Gasteiger partial charge on any atom is -0.354 e. The highest BCUT2D eigenvalue weighted by Gasteiger charge is 2.57. The van der Waals surface area contributed by atoms with Gasteiger partial charge in [0.05, 0.1) is 0 Å². The molecule has 1 saturated heterocycles. The van der Waals surface area contributed by atoms with Crippen molar-refractivity contribution in [1.82, 2.24) is 15.5 Å². The number of thioether (sulfide) groups is 1. The van der Waals surface area contributed by atoms with E-state index in [0.717, 1.165) is 24.0 Å². The Bertz CT molecular complexity index is 1070. The summed E-state index contributed by atoms with van der Waals surface area (Å²) in [5, 5.41) is 5.82. The molecule has 4 rings (SSSR count). The minimum atomic E-state index is -0.661. The van der Waals surface area contributed by atoms with E-state index in [-0.39, 0.29) is 29.0 Å². The van der Waals surface area contributed by atoms with E-state index in [2.05, 4.69) is 10.6 Å². The van der Waals surface area contributed by atoms with Crippen LogP contribution < -0.4 is 10.6 Å². The third-order valence-corrected chi connectivity index (χ3v) is 8.43. The Kier molecular flexibility index (Phi) is 7.03.